The molecule has 0 aromatic heterocycles. The monoisotopic (exact) mass is 494 g/mol. The molecule has 0 saturated heterocycles. The first kappa shape index (κ1) is 24.8. The lowest BCUT2D eigenvalue weighted by atomic mass is 9.95. The van der Waals surface area contributed by atoms with E-state index in [1.165, 1.54) is 12.0 Å². The molecule has 3 N–H and O–H groups in total. The van der Waals surface area contributed by atoms with Gasteiger partial charge in [0.05, 0.1) is 11.3 Å². The van der Waals surface area contributed by atoms with Gasteiger partial charge in [0, 0.05) is 35.1 Å². The van der Waals surface area contributed by atoms with Crippen molar-refractivity contribution in [3.05, 3.63) is 95.1 Å². The average molecular weight is 495 g/mol. The number of hydrogen-bond donors (Lipinski definition) is 3. The number of nitrogens with one attached hydrogen (secondary N) is 3. The minimum absolute atomic E-state index is 0.0842. The Morgan fingerprint density at radius 2 is 1.65 bits per heavy atom. The zero-order chi connectivity index (χ0) is 25.8. The van der Waals surface area contributed by atoms with Gasteiger partial charge in [0.25, 0.3) is 11.8 Å². The maximum absolute atomic E-state index is 13.3. The molecule has 6 nitrogen and oxygen atoms in total. The van der Waals surface area contributed by atoms with Crippen molar-refractivity contribution in [2.45, 2.75) is 44.7 Å². The number of rotatable bonds is 7. The van der Waals surface area contributed by atoms with Crippen LogP contribution in [0.25, 0.3) is 11.3 Å². The SMILES string of the molecule is CN(C)Cc1ccc(NC(=C2C(=O)Nc3ccc(C(=O)NC4CCCCC4)cc32)c2ccccc2)cc1. The van der Waals surface area contributed by atoms with Crippen molar-refractivity contribution in [3.63, 3.8) is 0 Å². The summed E-state index contributed by atoms with van der Waals surface area (Å²) in [5.41, 5.74) is 6.26. The number of nitrogens with zero attached hydrogens (tertiary/aromatic N) is 1. The minimum atomic E-state index is -0.185. The molecular weight excluding hydrogens is 460 g/mol. The van der Waals surface area contributed by atoms with E-state index in [-0.39, 0.29) is 17.9 Å². The van der Waals surface area contributed by atoms with Gasteiger partial charge in [0.1, 0.15) is 0 Å². The van der Waals surface area contributed by atoms with E-state index in [9.17, 15) is 9.59 Å². The Morgan fingerprint density at radius 3 is 2.35 bits per heavy atom. The van der Waals surface area contributed by atoms with Crippen LogP contribution >= 0.6 is 0 Å². The Labute approximate surface area is 218 Å². The Hall–Kier alpha value is -3.90. The summed E-state index contributed by atoms with van der Waals surface area (Å²) < 4.78 is 0. The third-order valence-electron chi connectivity index (χ3n) is 7.00. The van der Waals surface area contributed by atoms with Gasteiger partial charge in [-0.3, -0.25) is 9.59 Å². The maximum atomic E-state index is 13.3. The van der Waals surface area contributed by atoms with Gasteiger partial charge in [-0.2, -0.15) is 0 Å². The molecule has 1 saturated carbocycles. The summed E-state index contributed by atoms with van der Waals surface area (Å²) >= 11 is 0. The number of hydrogen-bond acceptors (Lipinski definition) is 4. The van der Waals surface area contributed by atoms with Crippen LogP contribution in [0.5, 0.6) is 0 Å². The Balaban J connectivity index is 1.51. The van der Waals surface area contributed by atoms with Crippen molar-refractivity contribution >= 4 is 34.5 Å². The smallest absolute Gasteiger partial charge is 0.258 e. The molecule has 3 aromatic carbocycles. The first-order chi connectivity index (χ1) is 18.0. The molecule has 6 heteroatoms. The zero-order valence-corrected chi connectivity index (χ0v) is 21.5. The van der Waals surface area contributed by atoms with Gasteiger partial charge in [-0.05, 0) is 68.4 Å². The van der Waals surface area contributed by atoms with Gasteiger partial charge in [0.15, 0.2) is 0 Å². The number of amides is 2. The quantitative estimate of drug-likeness (QED) is 0.366. The molecule has 5 rings (SSSR count). The van der Waals surface area contributed by atoms with E-state index < -0.39 is 0 Å². The van der Waals surface area contributed by atoms with Crippen molar-refractivity contribution in [2.24, 2.45) is 0 Å². The van der Waals surface area contributed by atoms with Gasteiger partial charge in [0.2, 0.25) is 0 Å². The Morgan fingerprint density at radius 1 is 0.919 bits per heavy atom. The lowest BCUT2D eigenvalue weighted by Crippen LogP contribution is -2.36. The summed E-state index contributed by atoms with van der Waals surface area (Å²) in [6.45, 7) is 0.856. The van der Waals surface area contributed by atoms with Crippen LogP contribution in [0.3, 0.4) is 0 Å². The summed E-state index contributed by atoms with van der Waals surface area (Å²) in [4.78, 5) is 28.5. The topological polar surface area (TPSA) is 73.5 Å². The van der Waals surface area contributed by atoms with Crippen molar-refractivity contribution in [2.75, 3.05) is 24.7 Å². The van der Waals surface area contributed by atoms with E-state index in [0.717, 1.165) is 49.0 Å². The van der Waals surface area contributed by atoms with Crippen LogP contribution in [0.15, 0.2) is 72.8 Å². The van der Waals surface area contributed by atoms with E-state index in [0.29, 0.717) is 22.5 Å². The molecule has 3 aromatic rings. The molecule has 1 heterocycles. The molecule has 2 amide bonds. The first-order valence-corrected chi connectivity index (χ1v) is 13.0. The largest absolute Gasteiger partial charge is 0.354 e. The van der Waals surface area contributed by atoms with Crippen LogP contribution in [0, 0.1) is 0 Å². The number of carbonyl (C=O) groups excluding carboxylic acids is 2. The van der Waals surface area contributed by atoms with Crippen molar-refractivity contribution in [1.29, 1.82) is 0 Å². The molecule has 0 spiro atoms. The van der Waals surface area contributed by atoms with E-state index in [4.69, 9.17) is 0 Å². The molecule has 1 aliphatic heterocycles. The number of fused-ring (bicyclic) bond motifs is 1. The zero-order valence-electron chi connectivity index (χ0n) is 21.5. The van der Waals surface area contributed by atoms with Crippen molar-refractivity contribution in [1.82, 2.24) is 10.2 Å². The third kappa shape index (κ3) is 5.75. The van der Waals surface area contributed by atoms with Crippen LogP contribution < -0.4 is 16.0 Å². The molecule has 0 bridgehead atoms. The van der Waals surface area contributed by atoms with Crippen LogP contribution in [-0.4, -0.2) is 36.9 Å². The molecule has 1 aliphatic carbocycles. The first-order valence-electron chi connectivity index (χ1n) is 13.0. The average Bonchev–Trinajstić information content (AvgIpc) is 3.23. The van der Waals surface area contributed by atoms with Crippen LogP contribution in [0.1, 0.15) is 59.2 Å². The summed E-state index contributed by atoms with van der Waals surface area (Å²) in [5, 5.41) is 9.69. The number of benzene rings is 3. The molecular formula is C31H34N4O2. The Bertz CT molecular complexity index is 1310. The second kappa shape index (κ2) is 11.0. The highest BCUT2D eigenvalue weighted by Crippen LogP contribution is 2.38. The van der Waals surface area contributed by atoms with Gasteiger partial charge < -0.3 is 20.9 Å². The van der Waals surface area contributed by atoms with Gasteiger partial charge in [-0.25, -0.2) is 0 Å². The number of carbonyl (C=O) groups is 2. The predicted octanol–water partition coefficient (Wildman–Crippen LogP) is 5.74. The second-order valence-corrected chi connectivity index (χ2v) is 10.2. The predicted molar refractivity (Wildman–Crippen MR) is 150 cm³/mol. The summed E-state index contributed by atoms with van der Waals surface area (Å²) in [6.07, 6.45) is 5.60. The molecule has 2 aliphatic rings. The van der Waals surface area contributed by atoms with Crippen LogP contribution in [0.4, 0.5) is 11.4 Å². The van der Waals surface area contributed by atoms with Crippen molar-refractivity contribution < 1.29 is 9.59 Å². The Kier molecular flexibility index (Phi) is 7.37. The van der Waals surface area contributed by atoms with Crippen molar-refractivity contribution in [3.8, 4) is 0 Å². The molecule has 0 unspecified atom stereocenters. The minimum Gasteiger partial charge on any atom is -0.354 e. The second-order valence-electron chi connectivity index (χ2n) is 10.2. The van der Waals surface area contributed by atoms with Crippen LogP contribution in [-0.2, 0) is 11.3 Å². The molecule has 1 fully saturated rings. The van der Waals surface area contributed by atoms with E-state index in [1.807, 2.05) is 68.7 Å². The lowest BCUT2D eigenvalue weighted by molar-refractivity contribution is -0.110. The molecule has 190 valence electrons. The molecule has 37 heavy (non-hydrogen) atoms. The standard InChI is InChI=1S/C31H34N4O2/c1-35(2)20-21-13-16-25(17-14-21)32-29(22-9-5-3-6-10-22)28-26-19-23(15-18-27(26)34-31(28)37)30(36)33-24-11-7-4-8-12-24/h3,5-6,9-10,13-19,24,32H,4,7-8,11-12,20H2,1-2H3,(H,33,36)(H,34,37). The van der Waals surface area contributed by atoms with E-state index >= 15 is 0 Å². The van der Waals surface area contributed by atoms with E-state index in [2.05, 4.69) is 33.0 Å². The lowest BCUT2D eigenvalue weighted by Gasteiger charge is -2.22. The molecule has 0 radical (unpaired) electrons. The fourth-order valence-corrected chi connectivity index (χ4v) is 5.16. The highest BCUT2D eigenvalue weighted by Gasteiger charge is 2.30. The highest BCUT2D eigenvalue weighted by atomic mass is 16.2. The highest BCUT2D eigenvalue weighted by molar-refractivity contribution is 6.37. The fraction of sp³-hybridized carbons (Fsp3) is 0.290. The summed E-state index contributed by atoms with van der Waals surface area (Å²) in [7, 11) is 4.09. The molecule has 0 atom stereocenters. The van der Waals surface area contributed by atoms with Gasteiger partial charge in [-0.1, -0.05) is 61.7 Å². The van der Waals surface area contributed by atoms with Gasteiger partial charge in [-0.15, -0.1) is 0 Å². The maximum Gasteiger partial charge on any atom is 0.258 e. The number of anilines is 2. The normalized spacial score (nSPS) is 16.8. The van der Waals surface area contributed by atoms with Crippen LogP contribution in [0.2, 0.25) is 0 Å². The van der Waals surface area contributed by atoms with Gasteiger partial charge >= 0.3 is 0 Å². The summed E-state index contributed by atoms with van der Waals surface area (Å²) in [6, 6.07) is 23.8. The third-order valence-corrected chi connectivity index (χ3v) is 7.00. The summed E-state index contributed by atoms with van der Waals surface area (Å²) in [5.74, 6) is -0.269. The van der Waals surface area contributed by atoms with E-state index in [1.54, 1.807) is 6.07 Å². The fourth-order valence-electron chi connectivity index (χ4n) is 5.16.